The first-order chi connectivity index (χ1) is 11.6. The minimum Gasteiger partial charge on any atom is -0.475 e. The van der Waals surface area contributed by atoms with Crippen molar-refractivity contribution in [1.29, 1.82) is 0 Å². The average molecular weight is 325 g/mol. The van der Waals surface area contributed by atoms with Gasteiger partial charge in [0.1, 0.15) is 5.75 Å². The number of rotatable bonds is 3. The van der Waals surface area contributed by atoms with E-state index in [1.165, 1.54) is 7.11 Å². The van der Waals surface area contributed by atoms with Crippen LogP contribution < -0.4 is 9.64 Å². The lowest BCUT2D eigenvalue weighted by atomic mass is 10.0. The summed E-state index contributed by atoms with van der Waals surface area (Å²) in [7, 11) is 1.31. The molecule has 3 rings (SSSR count). The molecule has 5 nitrogen and oxygen atoms in total. The Kier molecular flexibility index (Phi) is 4.51. The summed E-state index contributed by atoms with van der Waals surface area (Å²) in [5.74, 6) is -0.0515. The molecule has 0 spiro atoms. The Balaban J connectivity index is 1.89. The molecule has 0 aromatic heterocycles. The Bertz CT molecular complexity index is 771. The van der Waals surface area contributed by atoms with E-state index in [-0.39, 0.29) is 18.9 Å². The van der Waals surface area contributed by atoms with Gasteiger partial charge in [0.05, 0.1) is 25.8 Å². The highest BCUT2D eigenvalue weighted by atomic mass is 16.6. The molecule has 0 saturated heterocycles. The molecule has 24 heavy (non-hydrogen) atoms. The smallest absolute Gasteiger partial charge is 0.348 e. The van der Waals surface area contributed by atoms with E-state index in [0.29, 0.717) is 11.4 Å². The maximum atomic E-state index is 12.9. The van der Waals surface area contributed by atoms with Gasteiger partial charge in [0, 0.05) is 0 Å². The standard InChI is InChI=1S/C19H19NO4/c1-13-7-3-4-8-14(13)11-18(21)20-12-17(19(22)23-2)24-16-10-6-5-9-15(16)20/h3-10,17H,11-12H2,1-2H3. The molecule has 2 aromatic rings. The largest absolute Gasteiger partial charge is 0.475 e. The second-order valence-electron chi connectivity index (χ2n) is 5.70. The Morgan fingerprint density at radius 3 is 2.62 bits per heavy atom. The van der Waals surface area contributed by atoms with E-state index in [1.54, 1.807) is 11.0 Å². The molecule has 0 N–H and O–H groups in total. The van der Waals surface area contributed by atoms with Crippen LogP contribution in [-0.4, -0.2) is 31.6 Å². The van der Waals surface area contributed by atoms with Crippen LogP contribution >= 0.6 is 0 Å². The highest BCUT2D eigenvalue weighted by molar-refractivity contribution is 5.98. The van der Waals surface area contributed by atoms with Crippen molar-refractivity contribution in [2.45, 2.75) is 19.4 Å². The molecule has 0 bridgehead atoms. The Morgan fingerprint density at radius 2 is 1.88 bits per heavy atom. The molecule has 1 heterocycles. The number of aryl methyl sites for hydroxylation is 1. The SMILES string of the molecule is COC(=O)C1CN(C(=O)Cc2ccccc2C)c2ccccc2O1. The fourth-order valence-electron chi connectivity index (χ4n) is 2.79. The summed E-state index contributed by atoms with van der Waals surface area (Å²) in [6.45, 7) is 2.13. The van der Waals surface area contributed by atoms with Gasteiger partial charge in [0.25, 0.3) is 0 Å². The second-order valence-corrected chi connectivity index (χ2v) is 5.70. The van der Waals surface area contributed by atoms with E-state index in [2.05, 4.69) is 0 Å². The first-order valence-corrected chi connectivity index (χ1v) is 7.78. The molecule has 0 saturated carbocycles. The fraction of sp³-hybridized carbons (Fsp3) is 0.263. The van der Waals surface area contributed by atoms with Gasteiger partial charge < -0.3 is 14.4 Å². The predicted molar refractivity (Wildman–Crippen MR) is 90.1 cm³/mol. The summed E-state index contributed by atoms with van der Waals surface area (Å²) in [5.41, 5.74) is 2.72. The number of carbonyl (C=O) groups excluding carboxylic acids is 2. The van der Waals surface area contributed by atoms with Crippen molar-refractivity contribution in [2.75, 3.05) is 18.6 Å². The number of anilines is 1. The summed E-state index contributed by atoms with van der Waals surface area (Å²) in [6, 6.07) is 15.0. The Morgan fingerprint density at radius 1 is 1.17 bits per heavy atom. The number of fused-ring (bicyclic) bond motifs is 1. The van der Waals surface area contributed by atoms with Crippen molar-refractivity contribution in [2.24, 2.45) is 0 Å². The summed E-state index contributed by atoms with van der Waals surface area (Å²) in [5, 5.41) is 0. The Labute approximate surface area is 140 Å². The quantitative estimate of drug-likeness (QED) is 0.814. The number of esters is 1. The number of benzene rings is 2. The molecular formula is C19H19NO4. The van der Waals surface area contributed by atoms with Gasteiger partial charge in [-0.15, -0.1) is 0 Å². The first-order valence-electron chi connectivity index (χ1n) is 7.78. The molecule has 1 amide bonds. The Hall–Kier alpha value is -2.82. The summed E-state index contributed by atoms with van der Waals surface area (Å²) >= 11 is 0. The number of amides is 1. The zero-order chi connectivity index (χ0) is 17.1. The number of hydrogen-bond donors (Lipinski definition) is 0. The van der Waals surface area contributed by atoms with Crippen molar-refractivity contribution in [3.05, 3.63) is 59.7 Å². The highest BCUT2D eigenvalue weighted by Gasteiger charge is 2.34. The van der Waals surface area contributed by atoms with Crippen LogP contribution in [0.4, 0.5) is 5.69 Å². The normalized spacial score (nSPS) is 16.1. The van der Waals surface area contributed by atoms with Crippen molar-refractivity contribution in [3.8, 4) is 5.75 Å². The van der Waals surface area contributed by atoms with Gasteiger partial charge in [-0.05, 0) is 30.2 Å². The number of methoxy groups -OCH3 is 1. The minimum atomic E-state index is -0.814. The van der Waals surface area contributed by atoms with Crippen LogP contribution in [0.2, 0.25) is 0 Å². The van der Waals surface area contributed by atoms with Gasteiger partial charge in [0.15, 0.2) is 0 Å². The number of nitrogens with zero attached hydrogens (tertiary/aromatic N) is 1. The van der Waals surface area contributed by atoms with E-state index in [1.807, 2.05) is 49.4 Å². The van der Waals surface area contributed by atoms with E-state index >= 15 is 0 Å². The number of carbonyl (C=O) groups is 2. The molecule has 0 aliphatic carbocycles. The van der Waals surface area contributed by atoms with Gasteiger partial charge in [-0.25, -0.2) is 4.79 Å². The zero-order valence-electron chi connectivity index (χ0n) is 13.7. The number of ether oxygens (including phenoxy) is 2. The molecule has 1 aliphatic heterocycles. The first kappa shape index (κ1) is 16.1. The van der Waals surface area contributed by atoms with Gasteiger partial charge in [-0.3, -0.25) is 4.79 Å². The zero-order valence-corrected chi connectivity index (χ0v) is 13.7. The lowest BCUT2D eigenvalue weighted by Crippen LogP contribution is -2.48. The van der Waals surface area contributed by atoms with E-state index in [4.69, 9.17) is 9.47 Å². The molecule has 1 unspecified atom stereocenters. The fourth-order valence-corrected chi connectivity index (χ4v) is 2.79. The van der Waals surface area contributed by atoms with Crippen LogP contribution in [0.25, 0.3) is 0 Å². The van der Waals surface area contributed by atoms with Crippen molar-refractivity contribution < 1.29 is 19.1 Å². The molecule has 0 fully saturated rings. The summed E-state index contributed by atoms with van der Waals surface area (Å²) < 4.78 is 10.4. The van der Waals surface area contributed by atoms with Crippen LogP contribution in [-0.2, 0) is 20.7 Å². The van der Waals surface area contributed by atoms with Gasteiger partial charge in [0.2, 0.25) is 12.0 Å². The second kappa shape index (κ2) is 6.74. The maximum absolute atomic E-state index is 12.9. The highest BCUT2D eigenvalue weighted by Crippen LogP contribution is 2.33. The average Bonchev–Trinajstić information content (AvgIpc) is 2.61. The maximum Gasteiger partial charge on any atom is 0.348 e. The van der Waals surface area contributed by atoms with Crippen LogP contribution in [0, 0.1) is 6.92 Å². The van der Waals surface area contributed by atoms with Gasteiger partial charge in [-0.1, -0.05) is 36.4 Å². The topological polar surface area (TPSA) is 55.8 Å². The van der Waals surface area contributed by atoms with Crippen molar-refractivity contribution >= 4 is 17.6 Å². The molecule has 1 aliphatic rings. The third-order valence-electron chi connectivity index (χ3n) is 4.14. The molecule has 5 heteroatoms. The molecule has 1 atom stereocenters. The third-order valence-corrected chi connectivity index (χ3v) is 4.14. The van der Waals surface area contributed by atoms with Crippen LogP contribution in [0.5, 0.6) is 5.75 Å². The van der Waals surface area contributed by atoms with E-state index in [9.17, 15) is 9.59 Å². The van der Waals surface area contributed by atoms with E-state index < -0.39 is 12.1 Å². The van der Waals surface area contributed by atoms with Crippen LogP contribution in [0.1, 0.15) is 11.1 Å². The molecule has 0 radical (unpaired) electrons. The summed E-state index contributed by atoms with van der Waals surface area (Å²) in [6.07, 6.45) is -0.541. The lowest BCUT2D eigenvalue weighted by molar-refractivity contribution is -0.148. The molecular weight excluding hydrogens is 306 g/mol. The van der Waals surface area contributed by atoms with Gasteiger partial charge >= 0.3 is 5.97 Å². The van der Waals surface area contributed by atoms with E-state index in [0.717, 1.165) is 11.1 Å². The van der Waals surface area contributed by atoms with Gasteiger partial charge in [-0.2, -0.15) is 0 Å². The number of hydrogen-bond acceptors (Lipinski definition) is 4. The molecule has 124 valence electrons. The molecule has 2 aromatic carbocycles. The van der Waals surface area contributed by atoms with Crippen molar-refractivity contribution in [3.63, 3.8) is 0 Å². The minimum absolute atomic E-state index is 0.0750. The van der Waals surface area contributed by atoms with Crippen LogP contribution in [0.15, 0.2) is 48.5 Å². The lowest BCUT2D eigenvalue weighted by Gasteiger charge is -2.33. The third kappa shape index (κ3) is 3.11. The van der Waals surface area contributed by atoms with Crippen molar-refractivity contribution in [1.82, 2.24) is 0 Å². The summed E-state index contributed by atoms with van der Waals surface area (Å²) in [4.78, 5) is 26.3. The number of para-hydroxylation sites is 2. The monoisotopic (exact) mass is 325 g/mol. The van der Waals surface area contributed by atoms with Crippen LogP contribution in [0.3, 0.4) is 0 Å². The predicted octanol–water partition coefficient (Wildman–Crippen LogP) is 2.50.